The fraction of sp³-hybridized carbons (Fsp3) is 0.483. The molecule has 0 aromatic heterocycles. The Bertz CT molecular complexity index is 1130. The predicted molar refractivity (Wildman–Crippen MR) is 154 cm³/mol. The van der Waals surface area contributed by atoms with Crippen molar-refractivity contribution in [3.05, 3.63) is 54.6 Å². The second-order valence-electron chi connectivity index (χ2n) is 9.37. The molecule has 2 aromatic carbocycles. The van der Waals surface area contributed by atoms with E-state index in [9.17, 15) is 13.4 Å². The van der Waals surface area contributed by atoms with Gasteiger partial charge >= 0.3 is 5.97 Å². The number of rotatable bonds is 12. The molecule has 1 aliphatic rings. The van der Waals surface area contributed by atoms with Gasteiger partial charge in [-0.15, -0.1) is 11.8 Å². The fourth-order valence-corrected chi connectivity index (χ4v) is 6.73. The molecule has 9 heteroatoms. The van der Waals surface area contributed by atoms with Crippen molar-refractivity contribution in [2.45, 2.75) is 74.6 Å². The van der Waals surface area contributed by atoms with E-state index >= 15 is 0 Å². The predicted octanol–water partition coefficient (Wildman–Crippen LogP) is 7.39. The molecule has 6 nitrogen and oxygen atoms in total. The molecule has 0 N–H and O–H groups in total. The van der Waals surface area contributed by atoms with Gasteiger partial charge in [0.05, 0.1) is 27.6 Å². The highest BCUT2D eigenvalue weighted by atomic mass is 32.2. The third-order valence-electron chi connectivity index (χ3n) is 6.91. The molecule has 0 aliphatic carbocycles. The first-order valence-corrected chi connectivity index (χ1v) is 15.5. The molecule has 208 valence electrons. The van der Waals surface area contributed by atoms with Gasteiger partial charge in [-0.25, -0.2) is 13.3 Å². The first kappa shape index (κ1) is 30.2. The van der Waals surface area contributed by atoms with Crippen molar-refractivity contribution in [2.75, 3.05) is 31.4 Å². The van der Waals surface area contributed by atoms with Crippen molar-refractivity contribution in [2.24, 2.45) is 0 Å². The molecule has 1 atom stereocenters. The fourth-order valence-electron chi connectivity index (χ4n) is 4.75. The lowest BCUT2D eigenvalue weighted by Gasteiger charge is -2.42. The van der Waals surface area contributed by atoms with Crippen LogP contribution in [0, 0.1) is 0 Å². The Kier molecular flexibility index (Phi) is 11.2. The van der Waals surface area contributed by atoms with E-state index in [4.69, 9.17) is 9.47 Å². The second-order valence-corrected chi connectivity index (χ2v) is 11.7. The van der Waals surface area contributed by atoms with Crippen LogP contribution in [0.25, 0.3) is 0 Å². The molecule has 0 fully saturated rings. The van der Waals surface area contributed by atoms with Crippen LogP contribution in [-0.4, -0.2) is 46.5 Å². The van der Waals surface area contributed by atoms with Crippen molar-refractivity contribution in [1.82, 2.24) is 4.31 Å². The summed E-state index contributed by atoms with van der Waals surface area (Å²) < 4.78 is 40.8. The highest BCUT2D eigenvalue weighted by Crippen LogP contribution is 2.45. The highest BCUT2D eigenvalue weighted by molar-refractivity contribution is 7.98. The number of anilines is 2. The van der Waals surface area contributed by atoms with E-state index in [-0.39, 0.29) is 12.1 Å². The molecule has 2 aromatic rings. The highest BCUT2D eigenvalue weighted by Gasteiger charge is 2.43. The summed E-state index contributed by atoms with van der Waals surface area (Å²) in [5.74, 6) is -1.88. The zero-order chi connectivity index (χ0) is 27.7. The van der Waals surface area contributed by atoms with E-state index in [1.54, 1.807) is 13.0 Å². The van der Waals surface area contributed by atoms with Gasteiger partial charge in [-0.2, -0.15) is 4.39 Å². The first-order chi connectivity index (χ1) is 18.3. The molecular formula is C29H39FN2O4S2. The maximum atomic E-state index is 14.2. The second kappa shape index (κ2) is 14.1. The van der Waals surface area contributed by atoms with Crippen LogP contribution in [0.5, 0.6) is 5.75 Å². The Balaban J connectivity index is 2.17. The molecule has 38 heavy (non-hydrogen) atoms. The number of carbonyl (C=O) groups excluding carboxylic acids is 1. The van der Waals surface area contributed by atoms with Crippen molar-refractivity contribution < 1.29 is 22.9 Å². The molecular weight excluding hydrogens is 523 g/mol. The Morgan fingerprint density at radius 3 is 2.37 bits per heavy atom. The van der Waals surface area contributed by atoms with Crippen LogP contribution >= 0.6 is 11.8 Å². The molecule has 1 unspecified atom stereocenters. The summed E-state index contributed by atoms with van der Waals surface area (Å²) >= 11 is 1.44. The molecule has 1 aliphatic heterocycles. The smallest absolute Gasteiger partial charge is 0.370 e. The van der Waals surface area contributed by atoms with Gasteiger partial charge in [0, 0.05) is 25.3 Å². The molecule has 0 amide bonds. The number of carbonyl (C=O) groups is 1. The number of fused-ring (bicyclic) bond motifs is 1. The number of para-hydroxylation sites is 1. The third-order valence-corrected chi connectivity index (χ3v) is 9.26. The summed E-state index contributed by atoms with van der Waals surface area (Å²) in [4.78, 5) is 15.3. The average Bonchev–Trinajstić information content (AvgIpc) is 3.02. The van der Waals surface area contributed by atoms with E-state index < -0.39 is 22.8 Å². The largest absolute Gasteiger partial charge is 0.461 e. The normalized spacial score (nSPS) is 17.6. The summed E-state index contributed by atoms with van der Waals surface area (Å²) in [5, 5.41) is 0. The first-order valence-electron chi connectivity index (χ1n) is 13.2. The van der Waals surface area contributed by atoms with Gasteiger partial charge in [-0.3, -0.25) is 0 Å². The minimum Gasteiger partial charge on any atom is -0.461 e. The van der Waals surface area contributed by atoms with Crippen molar-refractivity contribution in [3.63, 3.8) is 0 Å². The molecule has 1 heterocycles. The number of thioether (sulfide) groups is 1. The Hall–Kier alpha value is -2.36. The number of benzene rings is 2. The van der Waals surface area contributed by atoms with Gasteiger partial charge in [-0.05, 0) is 44.2 Å². The molecule has 3 rings (SSSR count). The number of hydrogen-bond donors (Lipinski definition) is 0. The lowest BCUT2D eigenvalue weighted by molar-refractivity contribution is -0.140. The SMILES string of the molecule is CCCCC1(CCCC)CN(c2ccccc2)c2cc(SC)c(O/C=C(\F)C(=O)OCC)cc2S(=O)N1C. The van der Waals surface area contributed by atoms with E-state index in [1.165, 1.54) is 11.8 Å². The van der Waals surface area contributed by atoms with Crippen LogP contribution in [-0.2, 0) is 20.5 Å². The van der Waals surface area contributed by atoms with Gasteiger partial charge in [0.25, 0.3) is 0 Å². The quantitative estimate of drug-likeness (QED) is 0.116. The average molecular weight is 563 g/mol. The van der Waals surface area contributed by atoms with Crippen LogP contribution in [0.4, 0.5) is 15.8 Å². The Morgan fingerprint density at radius 2 is 1.79 bits per heavy atom. The van der Waals surface area contributed by atoms with E-state index in [1.807, 2.05) is 41.9 Å². The summed E-state index contributed by atoms with van der Waals surface area (Å²) in [5.41, 5.74) is 1.55. The van der Waals surface area contributed by atoms with Crippen molar-refractivity contribution in [1.29, 1.82) is 0 Å². The standard InChI is InChI=1S/C29H39FN2O4S2/c1-6-9-16-29(17-10-7-2)21-32(22-14-12-11-13-15-22)24-18-26(37-5)25(19-27(24)38(34)31(29)4)36-20-23(30)28(33)35-8-3/h11-15,18-20H,6-10,16-17,21H2,1-5H3/b23-20-. The monoisotopic (exact) mass is 562 g/mol. The van der Waals surface area contributed by atoms with Gasteiger partial charge in [-0.1, -0.05) is 57.7 Å². The van der Waals surface area contributed by atoms with E-state index in [2.05, 4.69) is 30.9 Å². The lowest BCUT2D eigenvalue weighted by Crippen LogP contribution is -2.52. The number of nitrogens with zero attached hydrogens (tertiary/aromatic N) is 2. The number of esters is 1. The molecule has 0 saturated heterocycles. The lowest BCUT2D eigenvalue weighted by atomic mass is 9.86. The number of halogens is 1. The molecule has 0 saturated carbocycles. The van der Waals surface area contributed by atoms with Crippen LogP contribution in [0.15, 0.2) is 64.3 Å². The number of unbranched alkanes of at least 4 members (excludes halogenated alkanes) is 2. The minimum absolute atomic E-state index is 0.0629. The van der Waals surface area contributed by atoms with Gasteiger partial charge < -0.3 is 14.4 Å². The summed E-state index contributed by atoms with van der Waals surface area (Å²) in [6.45, 7) is 6.73. The number of ether oxygens (including phenoxy) is 2. The van der Waals surface area contributed by atoms with Crippen LogP contribution in [0.3, 0.4) is 0 Å². The molecule has 0 spiro atoms. The van der Waals surface area contributed by atoms with E-state index in [0.29, 0.717) is 17.2 Å². The van der Waals surface area contributed by atoms with Crippen LogP contribution in [0.1, 0.15) is 59.3 Å². The minimum atomic E-state index is -1.50. The summed E-state index contributed by atoms with van der Waals surface area (Å²) in [7, 11) is 0.449. The zero-order valence-corrected chi connectivity index (χ0v) is 24.6. The zero-order valence-electron chi connectivity index (χ0n) is 23.0. The van der Waals surface area contributed by atoms with Crippen LogP contribution < -0.4 is 9.64 Å². The van der Waals surface area contributed by atoms with Gasteiger partial charge in [0.2, 0.25) is 5.83 Å². The summed E-state index contributed by atoms with van der Waals surface area (Å²) in [6.07, 6.45) is 8.69. The molecule has 0 radical (unpaired) electrons. The van der Waals surface area contributed by atoms with Crippen molar-refractivity contribution in [3.8, 4) is 5.75 Å². The number of likely N-dealkylation sites (N-methyl/N-ethyl adjacent to an activating group) is 1. The van der Waals surface area contributed by atoms with E-state index in [0.717, 1.165) is 61.1 Å². The maximum Gasteiger partial charge on any atom is 0.370 e. The topological polar surface area (TPSA) is 59.1 Å². The Labute approximate surface area is 233 Å². The maximum absolute atomic E-state index is 14.2. The van der Waals surface area contributed by atoms with Gasteiger partial charge in [0.15, 0.2) is 0 Å². The summed E-state index contributed by atoms with van der Waals surface area (Å²) in [6, 6.07) is 13.8. The molecule has 0 bridgehead atoms. The van der Waals surface area contributed by atoms with Gasteiger partial charge in [0.1, 0.15) is 23.0 Å². The number of hydrogen-bond acceptors (Lipinski definition) is 6. The van der Waals surface area contributed by atoms with Crippen LogP contribution in [0.2, 0.25) is 0 Å². The van der Waals surface area contributed by atoms with Crippen molar-refractivity contribution >= 4 is 40.1 Å². The Morgan fingerprint density at radius 1 is 1.13 bits per heavy atom. The third kappa shape index (κ3) is 6.79.